The Balaban J connectivity index is 0.980. The molecule has 2 aromatic carbocycles. The molecular weight excluding hydrogens is 564 g/mol. The lowest BCUT2D eigenvalue weighted by molar-refractivity contribution is 0.0825. The first-order valence-electron chi connectivity index (χ1n) is 15.9. The van der Waals surface area contributed by atoms with Crippen LogP contribution in [0.15, 0.2) is 48.8 Å². The van der Waals surface area contributed by atoms with Crippen LogP contribution in [-0.4, -0.2) is 85.3 Å². The van der Waals surface area contributed by atoms with Gasteiger partial charge in [-0.05, 0) is 49.8 Å². The minimum Gasteiger partial charge on any atom is -0.494 e. The van der Waals surface area contributed by atoms with Gasteiger partial charge in [-0.25, -0.2) is 23.8 Å². The second-order valence-electron chi connectivity index (χ2n) is 12.4. The van der Waals surface area contributed by atoms with Gasteiger partial charge in [0, 0.05) is 81.7 Å². The molecule has 9 nitrogen and oxygen atoms in total. The number of piperidine rings is 1. The summed E-state index contributed by atoms with van der Waals surface area (Å²) in [4.78, 5) is 22.4. The van der Waals surface area contributed by atoms with Gasteiger partial charge in [-0.1, -0.05) is 12.1 Å². The van der Waals surface area contributed by atoms with Gasteiger partial charge in [-0.3, -0.25) is 9.74 Å². The Morgan fingerprint density at radius 3 is 2.52 bits per heavy atom. The molecule has 4 heterocycles. The van der Waals surface area contributed by atoms with E-state index in [1.807, 2.05) is 6.07 Å². The number of nitrogens with one attached hydrogen (secondary N) is 1. The summed E-state index contributed by atoms with van der Waals surface area (Å²) >= 11 is 0. The first kappa shape index (κ1) is 29.2. The van der Waals surface area contributed by atoms with E-state index in [2.05, 4.69) is 42.1 Å². The van der Waals surface area contributed by atoms with Crippen molar-refractivity contribution in [2.24, 2.45) is 5.92 Å². The number of hydrogen-bond acceptors (Lipinski definition) is 9. The maximum Gasteiger partial charge on any atom is 0.164 e. The number of anilines is 4. The number of hydroxylamine groups is 1. The molecule has 0 unspecified atom stereocenters. The summed E-state index contributed by atoms with van der Waals surface area (Å²) in [6, 6.07) is 12.3. The zero-order chi connectivity index (χ0) is 30.0. The quantitative estimate of drug-likeness (QED) is 0.346. The van der Waals surface area contributed by atoms with Crippen LogP contribution in [0.25, 0.3) is 0 Å². The van der Waals surface area contributed by atoms with E-state index in [4.69, 9.17) is 9.57 Å². The fourth-order valence-corrected chi connectivity index (χ4v) is 6.87. The molecule has 1 N–H and O–H groups in total. The molecule has 4 fully saturated rings. The molecule has 1 atom stereocenters. The Morgan fingerprint density at radius 1 is 0.932 bits per heavy atom. The molecule has 0 spiro atoms. The molecule has 234 valence electrons. The van der Waals surface area contributed by atoms with Crippen LogP contribution < -0.4 is 20.0 Å². The molecular formula is C33H41F2N7O2. The van der Waals surface area contributed by atoms with E-state index < -0.39 is 17.7 Å². The van der Waals surface area contributed by atoms with Gasteiger partial charge in [0.2, 0.25) is 0 Å². The van der Waals surface area contributed by atoms with Gasteiger partial charge in [0.25, 0.3) is 0 Å². The fraction of sp³-hybridized carbons (Fsp3) is 0.515. The SMILES string of the molecule is COc1cc(N2CCC(N3CCN(CC4CC4)CC3)CC2)ccc1Nc1cc(N2OCC[C@@H]2c2cccc(F)c2F)ncn1. The molecule has 11 heteroatoms. The van der Waals surface area contributed by atoms with Crippen molar-refractivity contribution >= 4 is 23.0 Å². The summed E-state index contributed by atoms with van der Waals surface area (Å²) in [5.41, 5.74) is 2.16. The summed E-state index contributed by atoms with van der Waals surface area (Å²) in [5.74, 6) is 0.936. The summed E-state index contributed by atoms with van der Waals surface area (Å²) < 4.78 is 34.3. The van der Waals surface area contributed by atoms with E-state index >= 15 is 0 Å². The maximum atomic E-state index is 14.6. The molecule has 0 amide bonds. The molecule has 0 radical (unpaired) electrons. The Kier molecular flexibility index (Phi) is 8.51. The van der Waals surface area contributed by atoms with E-state index in [1.165, 1.54) is 75.9 Å². The van der Waals surface area contributed by atoms with E-state index in [0.717, 1.165) is 36.4 Å². The number of benzene rings is 2. The molecule has 1 saturated carbocycles. The monoisotopic (exact) mass is 605 g/mol. The van der Waals surface area contributed by atoms with E-state index in [0.29, 0.717) is 36.5 Å². The predicted octanol–water partition coefficient (Wildman–Crippen LogP) is 5.39. The zero-order valence-corrected chi connectivity index (χ0v) is 25.3. The van der Waals surface area contributed by atoms with Crippen LogP contribution in [0.4, 0.5) is 31.8 Å². The van der Waals surface area contributed by atoms with E-state index in [9.17, 15) is 8.78 Å². The maximum absolute atomic E-state index is 14.6. The average Bonchev–Trinajstić information content (AvgIpc) is 3.74. The Morgan fingerprint density at radius 2 is 1.75 bits per heavy atom. The lowest BCUT2D eigenvalue weighted by atomic mass is 10.0. The largest absolute Gasteiger partial charge is 0.494 e. The van der Waals surface area contributed by atoms with Crippen LogP contribution in [0.3, 0.4) is 0 Å². The Labute approximate surface area is 257 Å². The Hall–Kier alpha value is -3.54. The van der Waals surface area contributed by atoms with Crippen molar-refractivity contribution in [2.75, 3.05) is 74.8 Å². The van der Waals surface area contributed by atoms with Crippen LogP contribution in [0.1, 0.15) is 43.7 Å². The number of hydrogen-bond donors (Lipinski definition) is 1. The predicted molar refractivity (Wildman–Crippen MR) is 166 cm³/mol. The second-order valence-corrected chi connectivity index (χ2v) is 12.4. The highest BCUT2D eigenvalue weighted by molar-refractivity contribution is 5.70. The van der Waals surface area contributed by atoms with Crippen molar-refractivity contribution in [1.29, 1.82) is 0 Å². The van der Waals surface area contributed by atoms with Gasteiger partial charge in [-0.2, -0.15) is 0 Å². The highest BCUT2D eigenvalue weighted by atomic mass is 19.2. The minimum absolute atomic E-state index is 0.239. The number of piperazine rings is 1. The van der Waals surface area contributed by atoms with Crippen molar-refractivity contribution in [3.8, 4) is 5.75 Å². The molecule has 3 aliphatic heterocycles. The topological polar surface area (TPSA) is 69.2 Å². The smallest absolute Gasteiger partial charge is 0.164 e. The summed E-state index contributed by atoms with van der Waals surface area (Å²) in [5, 5.41) is 4.87. The summed E-state index contributed by atoms with van der Waals surface area (Å²) in [7, 11) is 1.67. The van der Waals surface area contributed by atoms with Crippen LogP contribution in [0, 0.1) is 17.6 Å². The first-order valence-corrected chi connectivity index (χ1v) is 15.9. The summed E-state index contributed by atoms with van der Waals surface area (Å²) in [6.45, 7) is 8.56. The summed E-state index contributed by atoms with van der Waals surface area (Å²) in [6.07, 6.45) is 7.15. The van der Waals surface area contributed by atoms with E-state index in [1.54, 1.807) is 19.2 Å². The highest BCUT2D eigenvalue weighted by Gasteiger charge is 2.33. The molecule has 0 bridgehead atoms. The number of nitrogens with zero attached hydrogens (tertiary/aromatic N) is 6. The number of halogens is 2. The van der Waals surface area contributed by atoms with Gasteiger partial charge < -0.3 is 19.9 Å². The third-order valence-electron chi connectivity index (χ3n) is 9.54. The molecule has 7 rings (SSSR count). The fourth-order valence-electron chi connectivity index (χ4n) is 6.87. The molecule has 3 saturated heterocycles. The minimum atomic E-state index is -0.878. The first-order chi connectivity index (χ1) is 21.6. The van der Waals surface area contributed by atoms with Crippen molar-refractivity contribution in [3.63, 3.8) is 0 Å². The van der Waals surface area contributed by atoms with Crippen molar-refractivity contribution in [3.05, 3.63) is 66.0 Å². The van der Waals surface area contributed by atoms with Crippen LogP contribution >= 0.6 is 0 Å². The highest BCUT2D eigenvalue weighted by Crippen LogP contribution is 2.38. The second kappa shape index (κ2) is 12.8. The molecule has 1 aliphatic carbocycles. The van der Waals surface area contributed by atoms with Gasteiger partial charge in [0.05, 0.1) is 25.4 Å². The third-order valence-corrected chi connectivity index (χ3v) is 9.54. The van der Waals surface area contributed by atoms with Gasteiger partial charge in [-0.15, -0.1) is 0 Å². The molecule has 44 heavy (non-hydrogen) atoms. The van der Waals surface area contributed by atoms with Gasteiger partial charge >= 0.3 is 0 Å². The molecule has 3 aromatic rings. The van der Waals surface area contributed by atoms with Crippen LogP contribution in [0.5, 0.6) is 5.75 Å². The lowest BCUT2D eigenvalue weighted by Gasteiger charge is -2.43. The van der Waals surface area contributed by atoms with Crippen molar-refractivity contribution in [1.82, 2.24) is 19.8 Å². The number of ether oxygens (including phenoxy) is 1. The Bertz CT molecular complexity index is 1440. The number of rotatable bonds is 9. The molecule has 4 aliphatic rings. The third kappa shape index (κ3) is 6.31. The lowest BCUT2D eigenvalue weighted by Crippen LogP contribution is -2.53. The molecule has 1 aromatic heterocycles. The standard InChI is InChI=1S/C33H41F2N7O2/c1-43-30-19-25(40-12-9-24(10-13-40)41-16-14-39(15-17-41)21-23-5-6-23)7-8-28(30)38-31-20-32(37-22-36-31)42-29(11-18-44-42)26-3-2-4-27(34)33(26)35/h2-4,7-8,19-20,22-24,29H,5-6,9-18,21H2,1H3,(H,36,37,38)/t29-/m1/s1. The zero-order valence-electron chi connectivity index (χ0n) is 25.3. The van der Waals surface area contributed by atoms with Crippen LogP contribution in [0.2, 0.25) is 0 Å². The van der Waals surface area contributed by atoms with E-state index in [-0.39, 0.29) is 5.56 Å². The van der Waals surface area contributed by atoms with Gasteiger partial charge in [0.15, 0.2) is 17.5 Å². The average molecular weight is 606 g/mol. The van der Waals surface area contributed by atoms with Crippen LogP contribution in [-0.2, 0) is 4.84 Å². The van der Waals surface area contributed by atoms with Crippen molar-refractivity contribution in [2.45, 2.75) is 44.2 Å². The number of aromatic nitrogens is 2. The van der Waals surface area contributed by atoms with Gasteiger partial charge in [0.1, 0.15) is 17.9 Å². The van der Waals surface area contributed by atoms with Crippen molar-refractivity contribution < 1.29 is 18.4 Å². The normalized spacial score (nSPS) is 22.0. The number of methoxy groups -OCH3 is 1.